The van der Waals surface area contributed by atoms with Crippen LogP contribution in [-0.4, -0.2) is 23.3 Å². The minimum absolute atomic E-state index is 0.294. The summed E-state index contributed by atoms with van der Waals surface area (Å²) in [7, 11) is -0.298. The highest BCUT2D eigenvalue weighted by atomic mass is 127. The number of hydrogen-bond acceptors (Lipinski definition) is 3. The number of nitrogens with zero attached hydrogens (tertiary/aromatic N) is 1. The van der Waals surface area contributed by atoms with E-state index in [4.69, 9.17) is 9.31 Å². The molecule has 0 atom stereocenters. The second kappa shape index (κ2) is 4.21. The van der Waals surface area contributed by atoms with Gasteiger partial charge in [0.05, 0.1) is 16.9 Å². The van der Waals surface area contributed by atoms with Crippen molar-refractivity contribution in [3.05, 3.63) is 21.5 Å². The van der Waals surface area contributed by atoms with Crippen LogP contribution in [0, 0.1) is 10.5 Å². The lowest BCUT2D eigenvalue weighted by Gasteiger charge is -2.32. The molecule has 2 heterocycles. The van der Waals surface area contributed by atoms with Crippen molar-refractivity contribution >= 4 is 35.2 Å². The molecule has 0 bridgehead atoms. The highest BCUT2D eigenvalue weighted by Crippen LogP contribution is 2.36. The second-order valence-electron chi connectivity index (χ2n) is 5.39. The Morgan fingerprint density at radius 2 is 1.71 bits per heavy atom. The zero-order chi connectivity index (χ0) is 12.8. The number of rotatable bonds is 1. The number of aromatic nitrogens is 1. The van der Waals surface area contributed by atoms with Gasteiger partial charge in [-0.05, 0) is 68.7 Å². The number of hydrogen-bond donors (Lipinski definition) is 0. The summed E-state index contributed by atoms with van der Waals surface area (Å²) in [6, 6.07) is 1.97. The Labute approximate surface area is 117 Å². The van der Waals surface area contributed by atoms with Gasteiger partial charge in [-0.3, -0.25) is 4.98 Å². The molecule has 1 saturated heterocycles. The Morgan fingerprint density at radius 1 is 1.18 bits per heavy atom. The normalized spacial score (nSPS) is 21.9. The standard InChI is InChI=1S/C12H17BINO2/c1-8-10(14)9(6-7-15-8)13-16-11(2,3)12(4,5)17-13/h6-7H,1-5H3. The zero-order valence-electron chi connectivity index (χ0n) is 10.9. The molecule has 0 aromatic carbocycles. The fourth-order valence-electron chi connectivity index (χ4n) is 1.72. The van der Waals surface area contributed by atoms with Crippen LogP contribution in [-0.2, 0) is 9.31 Å². The summed E-state index contributed by atoms with van der Waals surface area (Å²) >= 11 is 2.30. The monoisotopic (exact) mass is 345 g/mol. The molecule has 1 aliphatic heterocycles. The zero-order valence-corrected chi connectivity index (χ0v) is 13.0. The van der Waals surface area contributed by atoms with E-state index in [1.165, 1.54) is 0 Å². The van der Waals surface area contributed by atoms with Gasteiger partial charge in [-0.1, -0.05) is 0 Å². The van der Waals surface area contributed by atoms with Crippen LogP contribution >= 0.6 is 22.6 Å². The van der Waals surface area contributed by atoms with Crippen molar-refractivity contribution < 1.29 is 9.31 Å². The molecule has 1 aromatic heterocycles. The minimum Gasteiger partial charge on any atom is -0.399 e. The first-order valence-electron chi connectivity index (χ1n) is 5.71. The lowest BCUT2D eigenvalue weighted by atomic mass is 9.79. The molecule has 0 amide bonds. The maximum atomic E-state index is 6.03. The molecule has 1 aromatic rings. The topological polar surface area (TPSA) is 31.4 Å². The molecule has 17 heavy (non-hydrogen) atoms. The van der Waals surface area contributed by atoms with E-state index in [9.17, 15) is 0 Å². The molecule has 0 aliphatic carbocycles. The average Bonchev–Trinajstić information content (AvgIpc) is 2.40. The minimum atomic E-state index is -0.298. The quantitative estimate of drug-likeness (QED) is 0.578. The summed E-state index contributed by atoms with van der Waals surface area (Å²) < 4.78 is 13.2. The van der Waals surface area contributed by atoms with E-state index in [0.717, 1.165) is 14.7 Å². The Hall–Kier alpha value is -0.135. The van der Waals surface area contributed by atoms with E-state index in [2.05, 4.69) is 55.3 Å². The van der Waals surface area contributed by atoms with E-state index in [0.29, 0.717) is 0 Å². The molecule has 3 nitrogen and oxygen atoms in total. The van der Waals surface area contributed by atoms with Crippen LogP contribution in [0.1, 0.15) is 33.4 Å². The first-order valence-corrected chi connectivity index (χ1v) is 6.79. The van der Waals surface area contributed by atoms with E-state index >= 15 is 0 Å². The van der Waals surface area contributed by atoms with Gasteiger partial charge in [0, 0.05) is 9.77 Å². The number of pyridine rings is 1. The van der Waals surface area contributed by atoms with Gasteiger partial charge in [0.1, 0.15) is 0 Å². The van der Waals surface area contributed by atoms with Crippen LogP contribution < -0.4 is 5.46 Å². The third-order valence-electron chi connectivity index (χ3n) is 3.60. The highest BCUT2D eigenvalue weighted by molar-refractivity contribution is 14.1. The summed E-state index contributed by atoms with van der Waals surface area (Å²) in [5.74, 6) is 0. The van der Waals surface area contributed by atoms with Gasteiger partial charge in [0.15, 0.2) is 0 Å². The van der Waals surface area contributed by atoms with Gasteiger partial charge in [-0.25, -0.2) is 0 Å². The fraction of sp³-hybridized carbons (Fsp3) is 0.583. The summed E-state index contributed by atoms with van der Waals surface area (Å²) in [4.78, 5) is 4.26. The summed E-state index contributed by atoms with van der Waals surface area (Å²) in [5.41, 5.74) is 1.49. The molecule has 0 radical (unpaired) electrons. The van der Waals surface area contributed by atoms with E-state index in [1.54, 1.807) is 6.20 Å². The molecule has 2 rings (SSSR count). The lowest BCUT2D eigenvalue weighted by molar-refractivity contribution is 0.00578. The molecular formula is C12H17BINO2. The van der Waals surface area contributed by atoms with Crippen LogP contribution in [0.2, 0.25) is 0 Å². The summed E-state index contributed by atoms with van der Waals surface area (Å²) in [6.07, 6.45) is 1.80. The summed E-state index contributed by atoms with van der Waals surface area (Å²) in [5, 5.41) is 0. The van der Waals surface area contributed by atoms with Crippen molar-refractivity contribution in [2.24, 2.45) is 0 Å². The van der Waals surface area contributed by atoms with Crippen LogP contribution in [0.15, 0.2) is 12.3 Å². The van der Waals surface area contributed by atoms with E-state index in [1.807, 2.05) is 13.0 Å². The lowest BCUT2D eigenvalue weighted by Crippen LogP contribution is -2.41. The fourth-order valence-corrected chi connectivity index (χ4v) is 2.29. The molecule has 0 spiro atoms. The van der Waals surface area contributed by atoms with Gasteiger partial charge >= 0.3 is 7.12 Å². The predicted molar refractivity (Wildman–Crippen MR) is 77.4 cm³/mol. The largest absolute Gasteiger partial charge is 0.496 e. The first-order chi connectivity index (χ1) is 7.74. The van der Waals surface area contributed by atoms with Gasteiger partial charge in [-0.2, -0.15) is 0 Å². The molecule has 92 valence electrons. The van der Waals surface area contributed by atoms with Crippen LogP contribution in [0.3, 0.4) is 0 Å². The van der Waals surface area contributed by atoms with Gasteiger partial charge in [-0.15, -0.1) is 0 Å². The molecular weight excluding hydrogens is 328 g/mol. The van der Waals surface area contributed by atoms with Crippen molar-refractivity contribution in [2.45, 2.75) is 45.8 Å². The average molecular weight is 345 g/mol. The third kappa shape index (κ3) is 2.24. The van der Waals surface area contributed by atoms with Gasteiger partial charge in [0.2, 0.25) is 0 Å². The highest BCUT2D eigenvalue weighted by Gasteiger charge is 2.52. The first kappa shape index (κ1) is 13.3. The smallest absolute Gasteiger partial charge is 0.399 e. The molecule has 0 saturated carbocycles. The maximum Gasteiger partial charge on any atom is 0.496 e. The van der Waals surface area contributed by atoms with E-state index < -0.39 is 0 Å². The van der Waals surface area contributed by atoms with Crippen molar-refractivity contribution in [3.63, 3.8) is 0 Å². The number of aryl methyl sites for hydroxylation is 1. The van der Waals surface area contributed by atoms with Crippen molar-refractivity contribution in [2.75, 3.05) is 0 Å². The Kier molecular flexibility index (Phi) is 3.29. The SMILES string of the molecule is Cc1nccc(B2OC(C)(C)C(C)(C)O2)c1I. The predicted octanol–water partition coefficient (Wildman–Crippen LogP) is 2.29. The summed E-state index contributed by atoms with van der Waals surface area (Å²) in [6.45, 7) is 10.3. The molecule has 1 fully saturated rings. The molecule has 0 unspecified atom stereocenters. The van der Waals surface area contributed by atoms with Crippen LogP contribution in [0.25, 0.3) is 0 Å². The van der Waals surface area contributed by atoms with Gasteiger partial charge < -0.3 is 9.31 Å². The number of halogens is 1. The Balaban J connectivity index is 2.36. The van der Waals surface area contributed by atoms with Crippen LogP contribution in [0.4, 0.5) is 0 Å². The van der Waals surface area contributed by atoms with Gasteiger partial charge in [0.25, 0.3) is 0 Å². The van der Waals surface area contributed by atoms with Crippen molar-refractivity contribution in [3.8, 4) is 0 Å². The molecule has 1 aliphatic rings. The molecule has 0 N–H and O–H groups in total. The van der Waals surface area contributed by atoms with Crippen molar-refractivity contribution in [1.29, 1.82) is 0 Å². The maximum absolute atomic E-state index is 6.03. The molecule has 5 heteroatoms. The van der Waals surface area contributed by atoms with Crippen molar-refractivity contribution in [1.82, 2.24) is 4.98 Å². The third-order valence-corrected chi connectivity index (χ3v) is 5.00. The van der Waals surface area contributed by atoms with Crippen LogP contribution in [0.5, 0.6) is 0 Å². The Morgan fingerprint density at radius 3 is 2.24 bits per heavy atom. The Bertz CT molecular complexity index is 432. The van der Waals surface area contributed by atoms with E-state index in [-0.39, 0.29) is 18.3 Å². The second-order valence-corrected chi connectivity index (χ2v) is 6.47.